The molecule has 0 aliphatic heterocycles. The van der Waals surface area contributed by atoms with Crippen molar-refractivity contribution in [2.24, 2.45) is 0 Å². The summed E-state index contributed by atoms with van der Waals surface area (Å²) >= 11 is 0. The number of anilines is 1. The maximum Gasteiger partial charge on any atom is 0.406 e. The first-order chi connectivity index (χ1) is 8.37. The van der Waals surface area contributed by atoms with Crippen molar-refractivity contribution in [1.82, 2.24) is 9.88 Å². The van der Waals surface area contributed by atoms with Gasteiger partial charge in [-0.3, -0.25) is 4.79 Å². The summed E-state index contributed by atoms with van der Waals surface area (Å²) in [6, 6.07) is 2.47. The molecule has 1 saturated carbocycles. The lowest BCUT2D eigenvalue weighted by Gasteiger charge is -2.23. The summed E-state index contributed by atoms with van der Waals surface area (Å²) in [6.45, 7) is -1.22. The maximum atomic E-state index is 12.4. The number of nitrogens with two attached hydrogens (primary N) is 1. The zero-order chi connectivity index (χ0) is 13.3. The van der Waals surface area contributed by atoms with Gasteiger partial charge in [-0.2, -0.15) is 13.2 Å². The van der Waals surface area contributed by atoms with Crippen molar-refractivity contribution < 1.29 is 18.0 Å². The van der Waals surface area contributed by atoms with Crippen LogP contribution >= 0.6 is 0 Å². The van der Waals surface area contributed by atoms with E-state index >= 15 is 0 Å². The minimum Gasteiger partial charge on any atom is -0.384 e. The lowest BCUT2D eigenvalue weighted by molar-refractivity contribution is -0.141. The number of hydrogen-bond acceptors (Lipinski definition) is 3. The van der Waals surface area contributed by atoms with Crippen molar-refractivity contribution in [1.29, 1.82) is 0 Å². The third-order valence-corrected chi connectivity index (χ3v) is 2.63. The van der Waals surface area contributed by atoms with E-state index in [1.807, 2.05) is 0 Å². The predicted molar refractivity (Wildman–Crippen MR) is 58.8 cm³/mol. The molecule has 0 spiro atoms. The molecule has 0 bridgehead atoms. The van der Waals surface area contributed by atoms with Crippen LogP contribution in [0.5, 0.6) is 0 Å². The van der Waals surface area contributed by atoms with Gasteiger partial charge in [0.05, 0.1) is 5.56 Å². The first-order valence-electron chi connectivity index (χ1n) is 5.46. The molecule has 18 heavy (non-hydrogen) atoms. The Bertz CT molecular complexity index is 440. The van der Waals surface area contributed by atoms with Gasteiger partial charge in [-0.25, -0.2) is 4.98 Å². The Labute approximate surface area is 102 Å². The molecule has 1 heterocycles. The normalized spacial score (nSPS) is 15.5. The Morgan fingerprint density at radius 1 is 1.44 bits per heavy atom. The van der Waals surface area contributed by atoms with Gasteiger partial charge in [0.15, 0.2) is 0 Å². The van der Waals surface area contributed by atoms with Crippen LogP contribution in [0.15, 0.2) is 18.3 Å². The summed E-state index contributed by atoms with van der Waals surface area (Å²) in [5.74, 6) is -0.428. The Morgan fingerprint density at radius 2 is 2.11 bits per heavy atom. The number of nitrogen functional groups attached to an aromatic ring is 1. The summed E-state index contributed by atoms with van der Waals surface area (Å²) in [5.41, 5.74) is 5.49. The topological polar surface area (TPSA) is 59.2 Å². The highest BCUT2D eigenvalue weighted by atomic mass is 19.4. The van der Waals surface area contributed by atoms with Crippen LogP contribution in [0.2, 0.25) is 0 Å². The standard InChI is InChI=1S/C11H12F3N3O/c12-11(13,14)6-17(8-2-3-8)10(18)7-1-4-9(15)16-5-7/h1,4-5,8H,2-3,6H2,(H2,15,16). The Morgan fingerprint density at radius 3 is 2.56 bits per heavy atom. The summed E-state index contributed by atoms with van der Waals surface area (Å²) in [5, 5.41) is 0. The first kappa shape index (κ1) is 12.7. The number of nitrogens with zero attached hydrogens (tertiary/aromatic N) is 2. The van der Waals surface area contributed by atoms with Crippen LogP contribution in [0.1, 0.15) is 23.2 Å². The van der Waals surface area contributed by atoms with Crippen molar-refractivity contribution >= 4 is 11.7 Å². The Balaban J connectivity index is 2.15. The van der Waals surface area contributed by atoms with Crippen molar-refractivity contribution in [2.75, 3.05) is 12.3 Å². The van der Waals surface area contributed by atoms with Crippen LogP contribution in [-0.4, -0.2) is 34.6 Å². The fourth-order valence-corrected chi connectivity index (χ4v) is 1.64. The number of carbonyl (C=O) groups is 1. The zero-order valence-corrected chi connectivity index (χ0v) is 9.44. The average molecular weight is 259 g/mol. The van der Waals surface area contributed by atoms with Crippen LogP contribution in [0.4, 0.5) is 19.0 Å². The number of amides is 1. The number of pyridine rings is 1. The summed E-state index contributed by atoms with van der Waals surface area (Å²) in [7, 11) is 0. The third-order valence-electron chi connectivity index (χ3n) is 2.63. The van der Waals surface area contributed by atoms with E-state index in [1.54, 1.807) is 0 Å². The summed E-state index contributed by atoms with van der Waals surface area (Å²) < 4.78 is 37.2. The molecule has 1 amide bonds. The number of carbonyl (C=O) groups excluding carboxylic acids is 1. The van der Waals surface area contributed by atoms with Crippen LogP contribution in [0.3, 0.4) is 0 Å². The molecule has 1 aliphatic carbocycles. The number of halogens is 3. The fraction of sp³-hybridized carbons (Fsp3) is 0.455. The van der Waals surface area contributed by atoms with E-state index in [-0.39, 0.29) is 17.4 Å². The summed E-state index contributed by atoms with van der Waals surface area (Å²) in [6.07, 6.45) is -1.96. The second kappa shape index (κ2) is 4.47. The van der Waals surface area contributed by atoms with E-state index in [0.717, 1.165) is 4.90 Å². The molecule has 1 aliphatic rings. The number of hydrogen-bond donors (Lipinski definition) is 1. The smallest absolute Gasteiger partial charge is 0.384 e. The van der Waals surface area contributed by atoms with Gasteiger partial charge in [-0.05, 0) is 25.0 Å². The quantitative estimate of drug-likeness (QED) is 0.900. The maximum absolute atomic E-state index is 12.4. The van der Waals surface area contributed by atoms with Gasteiger partial charge in [-0.1, -0.05) is 0 Å². The molecule has 1 aromatic heterocycles. The highest BCUT2D eigenvalue weighted by Gasteiger charge is 2.40. The van der Waals surface area contributed by atoms with Gasteiger partial charge in [0.25, 0.3) is 5.91 Å². The number of alkyl halides is 3. The molecule has 1 fully saturated rings. The van der Waals surface area contributed by atoms with Crippen molar-refractivity contribution in [3.8, 4) is 0 Å². The Kier molecular flexibility index (Phi) is 3.14. The second-order valence-electron chi connectivity index (χ2n) is 4.25. The lowest BCUT2D eigenvalue weighted by atomic mass is 10.2. The minimum atomic E-state index is -4.39. The van der Waals surface area contributed by atoms with Crippen molar-refractivity contribution in [2.45, 2.75) is 25.1 Å². The van der Waals surface area contributed by atoms with Crippen LogP contribution < -0.4 is 5.73 Å². The van der Waals surface area contributed by atoms with Crippen LogP contribution in [-0.2, 0) is 0 Å². The molecule has 1 aromatic rings. The highest BCUT2D eigenvalue weighted by molar-refractivity contribution is 5.94. The molecule has 98 valence electrons. The second-order valence-corrected chi connectivity index (χ2v) is 4.25. The molecular formula is C11H12F3N3O. The van der Waals surface area contributed by atoms with E-state index in [1.165, 1.54) is 18.3 Å². The first-order valence-corrected chi connectivity index (χ1v) is 5.46. The minimum absolute atomic E-state index is 0.125. The van der Waals surface area contributed by atoms with E-state index in [0.29, 0.717) is 12.8 Å². The zero-order valence-electron chi connectivity index (χ0n) is 9.44. The molecular weight excluding hydrogens is 247 g/mol. The summed E-state index contributed by atoms with van der Waals surface area (Å²) in [4.78, 5) is 16.5. The molecule has 0 saturated heterocycles. The fourth-order valence-electron chi connectivity index (χ4n) is 1.64. The number of aromatic nitrogens is 1. The largest absolute Gasteiger partial charge is 0.406 e. The van der Waals surface area contributed by atoms with Gasteiger partial charge in [0.1, 0.15) is 12.4 Å². The van der Waals surface area contributed by atoms with Gasteiger partial charge in [0.2, 0.25) is 0 Å². The molecule has 7 heteroatoms. The van der Waals surface area contributed by atoms with Gasteiger partial charge in [-0.15, -0.1) is 0 Å². The van der Waals surface area contributed by atoms with E-state index in [4.69, 9.17) is 5.73 Å². The van der Waals surface area contributed by atoms with Crippen molar-refractivity contribution in [3.05, 3.63) is 23.9 Å². The molecule has 0 atom stereocenters. The van der Waals surface area contributed by atoms with Crippen LogP contribution in [0.25, 0.3) is 0 Å². The molecule has 0 radical (unpaired) electrons. The number of rotatable bonds is 3. The average Bonchev–Trinajstić information content (AvgIpc) is 3.08. The monoisotopic (exact) mass is 259 g/mol. The highest BCUT2D eigenvalue weighted by Crippen LogP contribution is 2.31. The molecule has 2 rings (SSSR count). The van der Waals surface area contributed by atoms with Gasteiger partial charge >= 0.3 is 6.18 Å². The Hall–Kier alpha value is -1.79. The van der Waals surface area contributed by atoms with E-state index < -0.39 is 18.6 Å². The predicted octanol–water partition coefficient (Wildman–Crippen LogP) is 1.83. The van der Waals surface area contributed by atoms with Gasteiger partial charge in [0, 0.05) is 12.2 Å². The van der Waals surface area contributed by atoms with Crippen molar-refractivity contribution in [3.63, 3.8) is 0 Å². The SMILES string of the molecule is Nc1ccc(C(=O)N(CC(F)(F)F)C2CC2)cn1. The van der Waals surface area contributed by atoms with Gasteiger partial charge < -0.3 is 10.6 Å². The molecule has 0 aromatic carbocycles. The molecule has 2 N–H and O–H groups in total. The third kappa shape index (κ3) is 3.12. The molecule has 4 nitrogen and oxygen atoms in total. The molecule has 0 unspecified atom stereocenters. The lowest BCUT2D eigenvalue weighted by Crippen LogP contribution is -2.40. The van der Waals surface area contributed by atoms with E-state index in [9.17, 15) is 18.0 Å². The van der Waals surface area contributed by atoms with Crippen LogP contribution in [0, 0.1) is 0 Å². The van der Waals surface area contributed by atoms with E-state index in [2.05, 4.69) is 4.98 Å².